The third-order valence-corrected chi connectivity index (χ3v) is 2.96. The van der Waals surface area contributed by atoms with Gasteiger partial charge in [-0.3, -0.25) is 15.0 Å². The molecule has 2 amide bonds. The van der Waals surface area contributed by atoms with Gasteiger partial charge in [0.15, 0.2) is 0 Å². The van der Waals surface area contributed by atoms with Crippen LogP contribution in [0.25, 0.3) is 0 Å². The summed E-state index contributed by atoms with van der Waals surface area (Å²) in [5, 5.41) is 13.3. The Morgan fingerprint density at radius 1 is 1.50 bits per heavy atom. The minimum Gasteiger partial charge on any atom is -0.336 e. The first kappa shape index (κ1) is 10.9. The summed E-state index contributed by atoms with van der Waals surface area (Å²) in [5.41, 5.74) is 0.488. The molecule has 1 saturated heterocycles. The minimum absolute atomic E-state index is 0.0297. The maximum Gasteiger partial charge on any atom is 0.322 e. The summed E-state index contributed by atoms with van der Waals surface area (Å²) in [7, 11) is 0. The first-order valence-corrected chi connectivity index (χ1v) is 5.38. The highest BCUT2D eigenvalue weighted by Gasteiger charge is 2.24. The lowest BCUT2D eigenvalue weighted by molar-refractivity contribution is -0.384. The van der Waals surface area contributed by atoms with E-state index < -0.39 is 4.92 Å². The van der Waals surface area contributed by atoms with Crippen molar-refractivity contribution in [3.05, 3.63) is 32.8 Å². The van der Waals surface area contributed by atoms with Crippen LogP contribution in [0.1, 0.15) is 0 Å². The van der Waals surface area contributed by atoms with E-state index >= 15 is 0 Å². The van der Waals surface area contributed by atoms with Crippen LogP contribution in [0.2, 0.25) is 0 Å². The predicted octanol–water partition coefficient (Wildman–Crippen LogP) is 1.89. The highest BCUT2D eigenvalue weighted by atomic mass is 79.9. The van der Waals surface area contributed by atoms with Crippen molar-refractivity contribution < 1.29 is 9.72 Å². The Morgan fingerprint density at radius 3 is 2.81 bits per heavy atom. The molecule has 1 aliphatic heterocycles. The monoisotopic (exact) mass is 285 g/mol. The Balaban J connectivity index is 2.42. The van der Waals surface area contributed by atoms with Crippen molar-refractivity contribution in [3.8, 4) is 0 Å². The van der Waals surface area contributed by atoms with Gasteiger partial charge in [-0.2, -0.15) is 0 Å². The number of carbonyl (C=O) groups is 1. The molecule has 0 unspecified atom stereocenters. The molecular formula is C9H8BrN3O3. The van der Waals surface area contributed by atoms with E-state index in [1.54, 1.807) is 6.07 Å². The fraction of sp³-hybridized carbons (Fsp3) is 0.222. The molecule has 0 bridgehead atoms. The van der Waals surface area contributed by atoms with Crippen molar-refractivity contribution in [2.75, 3.05) is 18.0 Å². The highest BCUT2D eigenvalue weighted by Crippen LogP contribution is 2.31. The second kappa shape index (κ2) is 4.09. The largest absolute Gasteiger partial charge is 0.336 e. The van der Waals surface area contributed by atoms with Crippen molar-refractivity contribution in [1.82, 2.24) is 5.32 Å². The van der Waals surface area contributed by atoms with Crippen LogP contribution in [0.15, 0.2) is 22.7 Å². The smallest absolute Gasteiger partial charge is 0.322 e. The number of carbonyl (C=O) groups excluding carboxylic acids is 1. The molecule has 1 fully saturated rings. The Bertz CT molecular complexity index is 463. The quantitative estimate of drug-likeness (QED) is 0.666. The molecular weight excluding hydrogens is 278 g/mol. The number of nitrogens with one attached hydrogen (secondary N) is 1. The van der Waals surface area contributed by atoms with Crippen LogP contribution in [0.4, 0.5) is 16.2 Å². The average Bonchev–Trinajstić information content (AvgIpc) is 2.65. The SMILES string of the molecule is O=C1NCCN1c1cc([N+](=O)[O-])ccc1Br. The number of amides is 2. The summed E-state index contributed by atoms with van der Waals surface area (Å²) < 4.78 is 0.662. The molecule has 84 valence electrons. The van der Waals surface area contributed by atoms with E-state index in [-0.39, 0.29) is 11.7 Å². The highest BCUT2D eigenvalue weighted by molar-refractivity contribution is 9.10. The van der Waals surface area contributed by atoms with E-state index in [1.165, 1.54) is 17.0 Å². The van der Waals surface area contributed by atoms with Gasteiger partial charge in [0.2, 0.25) is 0 Å². The fourth-order valence-electron chi connectivity index (χ4n) is 1.52. The third-order valence-electron chi connectivity index (χ3n) is 2.29. The summed E-state index contributed by atoms with van der Waals surface area (Å²) in [5.74, 6) is 0. The summed E-state index contributed by atoms with van der Waals surface area (Å²) in [4.78, 5) is 23.1. The molecule has 0 aliphatic carbocycles. The van der Waals surface area contributed by atoms with Crippen LogP contribution in [0.5, 0.6) is 0 Å². The van der Waals surface area contributed by atoms with Gasteiger partial charge in [-0.25, -0.2) is 4.79 Å². The average molecular weight is 286 g/mol. The number of anilines is 1. The van der Waals surface area contributed by atoms with E-state index in [9.17, 15) is 14.9 Å². The number of hydrogen-bond acceptors (Lipinski definition) is 3. The Morgan fingerprint density at radius 2 is 2.25 bits per heavy atom. The molecule has 1 aromatic rings. The van der Waals surface area contributed by atoms with Gasteiger partial charge in [-0.15, -0.1) is 0 Å². The fourth-order valence-corrected chi connectivity index (χ4v) is 1.98. The van der Waals surface area contributed by atoms with Crippen LogP contribution in [-0.2, 0) is 0 Å². The molecule has 1 heterocycles. The lowest BCUT2D eigenvalue weighted by Crippen LogP contribution is -2.27. The van der Waals surface area contributed by atoms with Gasteiger partial charge in [0.1, 0.15) is 0 Å². The molecule has 1 N–H and O–H groups in total. The molecule has 1 aromatic carbocycles. The number of rotatable bonds is 2. The third kappa shape index (κ3) is 1.85. The maximum absolute atomic E-state index is 11.4. The van der Waals surface area contributed by atoms with E-state index in [0.29, 0.717) is 23.2 Å². The van der Waals surface area contributed by atoms with Crippen molar-refractivity contribution in [2.45, 2.75) is 0 Å². The van der Waals surface area contributed by atoms with Crippen molar-refractivity contribution >= 4 is 33.3 Å². The zero-order chi connectivity index (χ0) is 11.7. The van der Waals surface area contributed by atoms with Gasteiger partial charge >= 0.3 is 6.03 Å². The molecule has 0 spiro atoms. The second-order valence-electron chi connectivity index (χ2n) is 3.28. The number of nitrogens with zero attached hydrogens (tertiary/aromatic N) is 2. The van der Waals surface area contributed by atoms with Gasteiger partial charge in [-0.05, 0) is 22.0 Å². The van der Waals surface area contributed by atoms with Crippen molar-refractivity contribution in [1.29, 1.82) is 0 Å². The Kier molecular flexibility index (Phi) is 2.78. The number of hydrogen-bond donors (Lipinski definition) is 1. The van der Waals surface area contributed by atoms with E-state index in [0.717, 1.165) is 0 Å². The minimum atomic E-state index is -0.482. The number of halogens is 1. The summed E-state index contributed by atoms with van der Waals surface area (Å²) in [6.45, 7) is 1.06. The first-order chi connectivity index (χ1) is 7.59. The number of non-ortho nitro benzene ring substituents is 1. The van der Waals surface area contributed by atoms with Gasteiger partial charge < -0.3 is 5.32 Å². The van der Waals surface area contributed by atoms with Crippen LogP contribution in [0.3, 0.4) is 0 Å². The molecule has 1 aliphatic rings. The molecule has 0 radical (unpaired) electrons. The number of nitro groups is 1. The van der Waals surface area contributed by atoms with Crippen molar-refractivity contribution in [3.63, 3.8) is 0 Å². The molecule has 7 heteroatoms. The topological polar surface area (TPSA) is 75.5 Å². The number of urea groups is 1. The van der Waals surface area contributed by atoms with Crippen LogP contribution in [-0.4, -0.2) is 24.0 Å². The molecule has 0 saturated carbocycles. The van der Waals surface area contributed by atoms with E-state index in [1.807, 2.05) is 0 Å². The molecule has 2 rings (SSSR count). The van der Waals surface area contributed by atoms with Crippen molar-refractivity contribution in [2.24, 2.45) is 0 Å². The predicted molar refractivity (Wildman–Crippen MR) is 61.5 cm³/mol. The van der Waals surface area contributed by atoms with Gasteiger partial charge in [-0.1, -0.05) is 0 Å². The number of benzene rings is 1. The summed E-state index contributed by atoms with van der Waals surface area (Å²) >= 11 is 3.27. The van der Waals surface area contributed by atoms with E-state index in [2.05, 4.69) is 21.2 Å². The van der Waals surface area contributed by atoms with E-state index in [4.69, 9.17) is 0 Å². The van der Waals surface area contributed by atoms with Crippen LogP contribution in [0, 0.1) is 10.1 Å². The molecule has 0 atom stereocenters. The molecule has 0 aromatic heterocycles. The summed E-state index contributed by atoms with van der Waals surface area (Å²) in [6.07, 6.45) is 0. The maximum atomic E-state index is 11.4. The number of nitro benzene ring substituents is 1. The first-order valence-electron chi connectivity index (χ1n) is 4.59. The standard InChI is InChI=1S/C9H8BrN3O3/c10-7-2-1-6(13(15)16)5-8(7)12-4-3-11-9(12)14/h1-2,5H,3-4H2,(H,11,14). The van der Waals surface area contributed by atoms with Gasteiger partial charge in [0.05, 0.1) is 10.6 Å². The van der Waals surface area contributed by atoms with Gasteiger partial charge in [0, 0.05) is 29.7 Å². The Labute approximate surface area is 99.5 Å². The molecule has 16 heavy (non-hydrogen) atoms. The lowest BCUT2D eigenvalue weighted by Gasteiger charge is -2.15. The second-order valence-corrected chi connectivity index (χ2v) is 4.13. The van der Waals surface area contributed by atoms with Gasteiger partial charge in [0.25, 0.3) is 5.69 Å². The van der Waals surface area contributed by atoms with Crippen LogP contribution >= 0.6 is 15.9 Å². The lowest BCUT2D eigenvalue weighted by atomic mass is 10.2. The molecule has 6 nitrogen and oxygen atoms in total. The normalized spacial score (nSPS) is 15.1. The zero-order valence-electron chi connectivity index (χ0n) is 8.14. The van der Waals surface area contributed by atoms with Crippen LogP contribution < -0.4 is 10.2 Å². The zero-order valence-corrected chi connectivity index (χ0v) is 9.73. The summed E-state index contributed by atoms with van der Waals surface area (Å²) in [6, 6.07) is 4.11. The Hall–Kier alpha value is -1.63.